The van der Waals surface area contributed by atoms with Crippen molar-refractivity contribution in [1.29, 1.82) is 0 Å². The predicted octanol–water partition coefficient (Wildman–Crippen LogP) is 3.98. The quantitative estimate of drug-likeness (QED) is 0.866. The van der Waals surface area contributed by atoms with Crippen molar-refractivity contribution in [2.24, 2.45) is 0 Å². The Morgan fingerprint density at radius 3 is 2.38 bits per heavy atom. The first kappa shape index (κ1) is 11.1. The molecule has 2 aromatic rings. The predicted molar refractivity (Wildman–Crippen MR) is 71.2 cm³/mol. The van der Waals surface area contributed by atoms with Crippen molar-refractivity contribution in [1.82, 2.24) is 4.98 Å². The monoisotopic (exact) mass is 232 g/mol. The topological polar surface area (TPSA) is 24.9 Å². The summed E-state index contributed by atoms with van der Waals surface area (Å²) in [4.78, 5) is 4.63. The number of hydrogen-bond acceptors (Lipinski definition) is 3. The number of rotatable bonds is 3. The van der Waals surface area contributed by atoms with Crippen LogP contribution in [0.5, 0.6) is 0 Å². The summed E-state index contributed by atoms with van der Waals surface area (Å²) in [5.74, 6) is 0.510. The van der Waals surface area contributed by atoms with E-state index in [0.29, 0.717) is 5.92 Å². The van der Waals surface area contributed by atoms with Crippen molar-refractivity contribution in [3.8, 4) is 11.3 Å². The Labute approximate surface area is 100 Å². The number of hydrogen-bond donors (Lipinski definition) is 1. The van der Waals surface area contributed by atoms with Gasteiger partial charge in [0.25, 0.3) is 0 Å². The smallest absolute Gasteiger partial charge is 0.0958 e. The third-order valence-corrected chi connectivity index (χ3v) is 3.63. The van der Waals surface area contributed by atoms with Gasteiger partial charge < -0.3 is 5.32 Å². The molecular formula is C13H16N2S. The Morgan fingerprint density at radius 1 is 1.19 bits per heavy atom. The summed E-state index contributed by atoms with van der Waals surface area (Å²) >= 11 is 1.74. The number of aromatic nitrogens is 1. The fourth-order valence-corrected chi connectivity index (χ4v) is 2.34. The molecule has 0 amide bonds. The normalized spacial score (nSPS) is 10.8. The van der Waals surface area contributed by atoms with E-state index in [1.54, 1.807) is 11.3 Å². The zero-order valence-corrected chi connectivity index (χ0v) is 10.6. The molecule has 0 unspecified atom stereocenters. The summed E-state index contributed by atoms with van der Waals surface area (Å²) in [6.07, 6.45) is 0. The molecule has 0 saturated heterocycles. The summed E-state index contributed by atoms with van der Waals surface area (Å²) in [7, 11) is 1.93. The minimum absolute atomic E-state index is 0.510. The molecule has 2 rings (SSSR count). The van der Waals surface area contributed by atoms with E-state index in [1.165, 1.54) is 10.6 Å². The van der Waals surface area contributed by atoms with E-state index < -0.39 is 0 Å². The fraction of sp³-hybridized carbons (Fsp3) is 0.308. The van der Waals surface area contributed by atoms with Crippen LogP contribution in [0.2, 0.25) is 0 Å². The van der Waals surface area contributed by atoms with Crippen LogP contribution in [0.3, 0.4) is 0 Å². The van der Waals surface area contributed by atoms with Gasteiger partial charge in [0, 0.05) is 29.6 Å². The van der Waals surface area contributed by atoms with E-state index in [4.69, 9.17) is 0 Å². The molecule has 1 aromatic carbocycles. The molecule has 0 aliphatic heterocycles. The zero-order valence-electron chi connectivity index (χ0n) is 9.82. The van der Waals surface area contributed by atoms with Gasteiger partial charge in [-0.15, -0.1) is 11.3 Å². The third-order valence-electron chi connectivity index (χ3n) is 2.49. The van der Waals surface area contributed by atoms with Crippen LogP contribution in [0.4, 0.5) is 5.69 Å². The van der Waals surface area contributed by atoms with Crippen LogP contribution >= 0.6 is 11.3 Å². The van der Waals surface area contributed by atoms with Gasteiger partial charge in [-0.05, 0) is 12.1 Å². The van der Waals surface area contributed by atoms with Crippen molar-refractivity contribution in [3.05, 3.63) is 34.7 Å². The van der Waals surface area contributed by atoms with E-state index in [2.05, 4.69) is 53.8 Å². The molecule has 0 bridgehead atoms. The maximum atomic E-state index is 4.63. The van der Waals surface area contributed by atoms with E-state index in [1.807, 2.05) is 7.05 Å². The molecule has 0 radical (unpaired) electrons. The average molecular weight is 232 g/mol. The lowest BCUT2D eigenvalue weighted by molar-refractivity contribution is 0.853. The first-order valence-corrected chi connectivity index (χ1v) is 6.32. The van der Waals surface area contributed by atoms with Crippen LogP contribution in [0.25, 0.3) is 11.3 Å². The first-order valence-electron chi connectivity index (χ1n) is 5.44. The van der Waals surface area contributed by atoms with Gasteiger partial charge in [0.2, 0.25) is 0 Å². The number of benzene rings is 1. The van der Waals surface area contributed by atoms with E-state index in [0.717, 1.165) is 11.4 Å². The number of thiazole rings is 1. The Hall–Kier alpha value is -1.35. The van der Waals surface area contributed by atoms with Crippen molar-refractivity contribution in [2.45, 2.75) is 19.8 Å². The molecule has 3 heteroatoms. The lowest BCUT2D eigenvalue weighted by atomic mass is 10.1. The van der Waals surface area contributed by atoms with Gasteiger partial charge in [-0.1, -0.05) is 26.0 Å². The highest BCUT2D eigenvalue weighted by atomic mass is 32.1. The second-order valence-corrected chi connectivity index (χ2v) is 4.94. The van der Waals surface area contributed by atoms with Crippen molar-refractivity contribution in [3.63, 3.8) is 0 Å². The highest BCUT2D eigenvalue weighted by molar-refractivity contribution is 7.10. The SMILES string of the molecule is CNc1ccc(-c2csc(C(C)C)n2)cc1. The van der Waals surface area contributed by atoms with Gasteiger partial charge >= 0.3 is 0 Å². The largest absolute Gasteiger partial charge is 0.388 e. The highest BCUT2D eigenvalue weighted by Gasteiger charge is 2.07. The van der Waals surface area contributed by atoms with Gasteiger partial charge in [0.1, 0.15) is 0 Å². The summed E-state index contributed by atoms with van der Waals surface area (Å²) in [6.45, 7) is 4.35. The highest BCUT2D eigenvalue weighted by Crippen LogP contribution is 2.26. The summed E-state index contributed by atoms with van der Waals surface area (Å²) < 4.78 is 0. The van der Waals surface area contributed by atoms with E-state index in [9.17, 15) is 0 Å². The maximum Gasteiger partial charge on any atom is 0.0958 e. The van der Waals surface area contributed by atoms with Gasteiger partial charge in [-0.25, -0.2) is 4.98 Å². The molecule has 84 valence electrons. The van der Waals surface area contributed by atoms with Crippen molar-refractivity contribution < 1.29 is 0 Å². The lowest BCUT2D eigenvalue weighted by Gasteiger charge is -2.01. The number of nitrogens with one attached hydrogen (secondary N) is 1. The Bertz CT molecular complexity index is 457. The molecule has 0 spiro atoms. The fourth-order valence-electron chi connectivity index (χ4n) is 1.49. The number of nitrogens with zero attached hydrogens (tertiary/aromatic N) is 1. The van der Waals surface area contributed by atoms with Crippen LogP contribution in [0.15, 0.2) is 29.6 Å². The summed E-state index contributed by atoms with van der Waals surface area (Å²) in [6, 6.07) is 8.35. The standard InChI is InChI=1S/C13H16N2S/c1-9(2)13-15-12(8-16-13)10-4-6-11(14-3)7-5-10/h4-9,14H,1-3H3. The first-order chi connectivity index (χ1) is 7.70. The van der Waals surface area contributed by atoms with Crippen molar-refractivity contribution in [2.75, 3.05) is 12.4 Å². The van der Waals surface area contributed by atoms with E-state index >= 15 is 0 Å². The van der Waals surface area contributed by atoms with Crippen LogP contribution in [-0.2, 0) is 0 Å². The Kier molecular flexibility index (Phi) is 3.25. The molecule has 1 aromatic heterocycles. The maximum absolute atomic E-state index is 4.63. The second-order valence-electron chi connectivity index (χ2n) is 4.05. The second kappa shape index (κ2) is 4.66. The Balaban J connectivity index is 2.28. The molecule has 0 aliphatic carbocycles. The summed E-state index contributed by atoms with van der Waals surface area (Å²) in [5.41, 5.74) is 3.39. The molecule has 0 fully saturated rings. The summed E-state index contributed by atoms with van der Waals surface area (Å²) in [5, 5.41) is 6.44. The molecule has 0 saturated carbocycles. The zero-order chi connectivity index (χ0) is 11.5. The molecule has 1 N–H and O–H groups in total. The molecule has 0 aliphatic rings. The Morgan fingerprint density at radius 2 is 1.88 bits per heavy atom. The third kappa shape index (κ3) is 2.25. The van der Waals surface area contributed by atoms with Crippen LogP contribution in [0, 0.1) is 0 Å². The van der Waals surface area contributed by atoms with Crippen LogP contribution in [-0.4, -0.2) is 12.0 Å². The van der Waals surface area contributed by atoms with Crippen LogP contribution < -0.4 is 5.32 Å². The van der Waals surface area contributed by atoms with Crippen LogP contribution in [0.1, 0.15) is 24.8 Å². The minimum Gasteiger partial charge on any atom is -0.388 e. The molecule has 16 heavy (non-hydrogen) atoms. The van der Waals surface area contributed by atoms with Gasteiger partial charge in [0.15, 0.2) is 0 Å². The average Bonchev–Trinajstić information content (AvgIpc) is 2.78. The molecule has 0 atom stereocenters. The number of anilines is 1. The molecular weight excluding hydrogens is 216 g/mol. The van der Waals surface area contributed by atoms with Gasteiger partial charge in [-0.3, -0.25) is 0 Å². The lowest BCUT2D eigenvalue weighted by Crippen LogP contribution is -1.88. The minimum atomic E-state index is 0.510. The van der Waals surface area contributed by atoms with E-state index in [-0.39, 0.29) is 0 Å². The molecule has 2 nitrogen and oxygen atoms in total. The van der Waals surface area contributed by atoms with Gasteiger partial charge in [0.05, 0.1) is 10.7 Å². The van der Waals surface area contributed by atoms with Gasteiger partial charge in [-0.2, -0.15) is 0 Å². The van der Waals surface area contributed by atoms with Crippen molar-refractivity contribution >= 4 is 17.0 Å². The molecule has 1 heterocycles.